The highest BCUT2D eigenvalue weighted by atomic mass is 16.4. The Balaban J connectivity index is 1.05. The lowest BCUT2D eigenvalue weighted by Crippen LogP contribution is -2.40. The minimum absolute atomic E-state index is 0.0827. The molecular formula is C34H36N8O4. The third kappa shape index (κ3) is 5.56. The number of rotatable bonds is 8. The molecule has 0 saturated carbocycles. The number of aromatic nitrogens is 5. The van der Waals surface area contributed by atoms with E-state index >= 15 is 0 Å². The smallest absolute Gasteiger partial charge is 0.407 e. The second-order valence-electron chi connectivity index (χ2n) is 12.0. The van der Waals surface area contributed by atoms with E-state index in [4.69, 9.17) is 9.40 Å². The Morgan fingerprint density at radius 2 is 1.48 bits per heavy atom. The Bertz CT molecular complexity index is 1830. The van der Waals surface area contributed by atoms with Gasteiger partial charge in [0.05, 0.1) is 24.0 Å². The van der Waals surface area contributed by atoms with Crippen LogP contribution in [0.2, 0.25) is 0 Å². The normalized spacial score (nSPS) is 18.8. The first kappa shape index (κ1) is 29.5. The van der Waals surface area contributed by atoms with E-state index in [0.717, 1.165) is 53.9 Å². The molecule has 3 N–H and O–H groups in total. The minimum Gasteiger partial charge on any atom is -0.465 e. The standard InChI is InChI=1S/C34H36N8O4/c1-40(2)29(23-8-4-3-5-9-23)33(43)41-16-6-10-26(41)30-35-18-24(38-30)21-12-14-22(15-13-21)28-20-37-32(46-28)25-19-36-31(39-25)27-11-7-17-42(27)34(44)45/h3-5,8-9,12-15,18-20,26-27,29H,6-7,10-11,16-17H2,1-2H3,(H,35,38)(H,36,39)(H,44,45)/t26-,27-,29+/m0/s1. The van der Waals surface area contributed by atoms with Gasteiger partial charge in [0.1, 0.15) is 23.4 Å². The number of benzene rings is 2. The van der Waals surface area contributed by atoms with Gasteiger partial charge in [-0.05, 0) is 45.3 Å². The fourth-order valence-corrected chi connectivity index (χ4v) is 6.65. The summed E-state index contributed by atoms with van der Waals surface area (Å²) in [4.78, 5) is 51.1. The Hall–Kier alpha value is -5.23. The number of aromatic amines is 2. The Kier molecular flexibility index (Phi) is 7.87. The van der Waals surface area contributed by atoms with Gasteiger partial charge in [-0.25, -0.2) is 19.7 Å². The molecule has 12 nitrogen and oxygen atoms in total. The molecule has 0 spiro atoms. The van der Waals surface area contributed by atoms with E-state index in [1.54, 1.807) is 12.4 Å². The molecule has 0 radical (unpaired) electrons. The monoisotopic (exact) mass is 620 g/mol. The zero-order valence-corrected chi connectivity index (χ0v) is 25.8. The molecule has 2 aliphatic rings. The number of carboxylic acid groups (broad SMARTS) is 1. The molecule has 2 aromatic carbocycles. The summed E-state index contributed by atoms with van der Waals surface area (Å²) in [5.74, 6) is 2.42. The van der Waals surface area contributed by atoms with Crippen LogP contribution in [0.5, 0.6) is 0 Å². The van der Waals surface area contributed by atoms with Gasteiger partial charge in [-0.3, -0.25) is 14.6 Å². The molecule has 5 heterocycles. The number of carbonyl (C=O) groups is 2. The minimum atomic E-state index is -0.944. The van der Waals surface area contributed by atoms with Crippen molar-refractivity contribution in [1.29, 1.82) is 0 Å². The van der Waals surface area contributed by atoms with Crippen molar-refractivity contribution in [2.75, 3.05) is 27.2 Å². The summed E-state index contributed by atoms with van der Waals surface area (Å²) in [5, 5.41) is 9.47. The fraction of sp³-hybridized carbons (Fsp3) is 0.324. The highest BCUT2D eigenvalue weighted by Crippen LogP contribution is 2.36. The maximum absolute atomic E-state index is 13.8. The molecule has 2 aliphatic heterocycles. The highest BCUT2D eigenvalue weighted by Gasteiger charge is 2.37. The summed E-state index contributed by atoms with van der Waals surface area (Å²) >= 11 is 0. The number of nitrogens with zero attached hydrogens (tertiary/aromatic N) is 6. The molecule has 2 fully saturated rings. The molecule has 12 heteroatoms. The SMILES string of the molecule is CN(C)[C@@H](C(=O)N1CCC[C@H]1c1nc(-c2ccc(-c3cnc(-c4c[nH]c([C@@H]5CCCN5C(=O)O)n4)o3)cc2)c[nH]1)c1ccccc1. The molecule has 3 aromatic heterocycles. The van der Waals surface area contributed by atoms with E-state index in [2.05, 4.69) is 19.9 Å². The predicted octanol–water partition coefficient (Wildman–Crippen LogP) is 5.90. The Morgan fingerprint density at radius 3 is 2.15 bits per heavy atom. The van der Waals surface area contributed by atoms with Crippen molar-refractivity contribution in [3.05, 3.63) is 90.4 Å². The van der Waals surface area contributed by atoms with E-state index in [0.29, 0.717) is 36.3 Å². The van der Waals surface area contributed by atoms with Gasteiger partial charge in [-0.2, -0.15) is 0 Å². The van der Waals surface area contributed by atoms with Crippen LogP contribution < -0.4 is 0 Å². The van der Waals surface area contributed by atoms with Crippen molar-refractivity contribution < 1.29 is 19.1 Å². The molecule has 3 atom stereocenters. The quantitative estimate of drug-likeness (QED) is 0.194. The van der Waals surface area contributed by atoms with Crippen LogP contribution in [-0.2, 0) is 4.79 Å². The number of carbonyl (C=O) groups excluding carboxylic acids is 1. The van der Waals surface area contributed by atoms with Crippen LogP contribution in [0, 0.1) is 0 Å². The molecule has 0 aliphatic carbocycles. The summed E-state index contributed by atoms with van der Waals surface area (Å²) in [6.45, 7) is 1.20. The summed E-state index contributed by atoms with van der Waals surface area (Å²) in [6.07, 6.45) is 7.62. The lowest BCUT2D eigenvalue weighted by atomic mass is 10.0. The molecule has 236 valence electrons. The van der Waals surface area contributed by atoms with E-state index in [-0.39, 0.29) is 24.0 Å². The number of likely N-dealkylation sites (tertiary alicyclic amines) is 2. The largest absolute Gasteiger partial charge is 0.465 e. The molecule has 46 heavy (non-hydrogen) atoms. The number of amides is 2. The fourth-order valence-electron chi connectivity index (χ4n) is 6.65. The van der Waals surface area contributed by atoms with Crippen molar-refractivity contribution >= 4 is 12.0 Å². The van der Waals surface area contributed by atoms with Crippen LogP contribution in [0.25, 0.3) is 34.2 Å². The molecule has 2 amide bonds. The van der Waals surface area contributed by atoms with E-state index in [1.165, 1.54) is 4.90 Å². The van der Waals surface area contributed by atoms with Crippen molar-refractivity contribution in [3.63, 3.8) is 0 Å². The zero-order chi connectivity index (χ0) is 31.8. The van der Waals surface area contributed by atoms with Crippen LogP contribution in [0.15, 0.2) is 77.6 Å². The maximum Gasteiger partial charge on any atom is 0.407 e. The van der Waals surface area contributed by atoms with Crippen LogP contribution in [0.1, 0.15) is 61.0 Å². The lowest BCUT2D eigenvalue weighted by molar-refractivity contribution is -0.137. The first-order chi connectivity index (χ1) is 22.4. The number of hydrogen-bond donors (Lipinski definition) is 3. The Labute approximate surface area is 266 Å². The van der Waals surface area contributed by atoms with Crippen molar-refractivity contribution in [1.82, 2.24) is 39.6 Å². The number of imidazole rings is 2. The second-order valence-corrected chi connectivity index (χ2v) is 12.0. The molecule has 5 aromatic rings. The van der Waals surface area contributed by atoms with Gasteiger partial charge in [0.15, 0.2) is 5.76 Å². The summed E-state index contributed by atoms with van der Waals surface area (Å²) in [6, 6.07) is 17.0. The number of nitrogens with one attached hydrogen (secondary N) is 2. The van der Waals surface area contributed by atoms with Gasteiger partial charge in [0.25, 0.3) is 0 Å². The number of likely N-dealkylation sites (N-methyl/N-ethyl adjacent to an activating group) is 1. The average molecular weight is 621 g/mol. The lowest BCUT2D eigenvalue weighted by Gasteiger charge is -2.31. The van der Waals surface area contributed by atoms with Gasteiger partial charge < -0.3 is 24.4 Å². The van der Waals surface area contributed by atoms with Crippen molar-refractivity contribution in [2.24, 2.45) is 0 Å². The molecular weight excluding hydrogens is 584 g/mol. The van der Waals surface area contributed by atoms with Gasteiger partial charge >= 0.3 is 6.09 Å². The first-order valence-electron chi connectivity index (χ1n) is 15.6. The predicted molar refractivity (Wildman–Crippen MR) is 170 cm³/mol. The van der Waals surface area contributed by atoms with Gasteiger partial charge in [-0.1, -0.05) is 54.6 Å². The first-order valence-corrected chi connectivity index (χ1v) is 15.6. The van der Waals surface area contributed by atoms with Gasteiger partial charge in [0.2, 0.25) is 11.8 Å². The Morgan fingerprint density at radius 1 is 0.870 bits per heavy atom. The number of H-pyrrole nitrogens is 2. The number of oxazole rings is 1. The molecule has 2 saturated heterocycles. The molecule has 0 bridgehead atoms. The third-order valence-electron chi connectivity index (χ3n) is 8.92. The van der Waals surface area contributed by atoms with Crippen LogP contribution in [0.3, 0.4) is 0 Å². The molecule has 0 unspecified atom stereocenters. The third-order valence-corrected chi connectivity index (χ3v) is 8.92. The van der Waals surface area contributed by atoms with Crippen LogP contribution >= 0.6 is 0 Å². The van der Waals surface area contributed by atoms with Gasteiger partial charge in [0, 0.05) is 36.6 Å². The van der Waals surface area contributed by atoms with Crippen LogP contribution in [0.4, 0.5) is 4.79 Å². The topological polar surface area (TPSA) is 147 Å². The van der Waals surface area contributed by atoms with E-state index in [1.807, 2.05) is 84.7 Å². The average Bonchev–Trinajstić information content (AvgIpc) is 3.90. The summed E-state index contributed by atoms with van der Waals surface area (Å²) < 4.78 is 6.04. The summed E-state index contributed by atoms with van der Waals surface area (Å²) in [7, 11) is 3.88. The van der Waals surface area contributed by atoms with E-state index < -0.39 is 6.09 Å². The van der Waals surface area contributed by atoms with Gasteiger partial charge in [-0.15, -0.1) is 0 Å². The zero-order valence-electron chi connectivity index (χ0n) is 25.8. The second kappa shape index (κ2) is 12.3. The summed E-state index contributed by atoms with van der Waals surface area (Å²) in [5.41, 5.74) is 4.10. The van der Waals surface area contributed by atoms with Crippen molar-refractivity contribution in [3.8, 4) is 34.2 Å². The number of hydrogen-bond acceptors (Lipinski definition) is 7. The highest BCUT2D eigenvalue weighted by molar-refractivity contribution is 5.84. The van der Waals surface area contributed by atoms with E-state index in [9.17, 15) is 14.7 Å². The molecule has 7 rings (SSSR count). The maximum atomic E-state index is 13.8. The van der Waals surface area contributed by atoms with Crippen molar-refractivity contribution in [2.45, 2.75) is 43.8 Å². The van der Waals surface area contributed by atoms with Crippen LogP contribution in [-0.4, -0.2) is 83.9 Å².